The van der Waals surface area contributed by atoms with E-state index in [0.717, 1.165) is 11.1 Å². The lowest BCUT2D eigenvalue weighted by Gasteiger charge is -2.18. The van der Waals surface area contributed by atoms with Gasteiger partial charge in [0.05, 0.1) is 12.1 Å². The number of hydrogen-bond acceptors (Lipinski definition) is 1. The summed E-state index contributed by atoms with van der Waals surface area (Å²) in [7, 11) is 0. The summed E-state index contributed by atoms with van der Waals surface area (Å²) in [6.45, 7) is 0. The highest BCUT2D eigenvalue weighted by Gasteiger charge is 2.34. The van der Waals surface area contributed by atoms with E-state index in [4.69, 9.17) is 0 Å². The number of nitrogens with one attached hydrogen (secondary N) is 1. The van der Waals surface area contributed by atoms with E-state index < -0.39 is 0 Å². The molecule has 0 spiro atoms. The Morgan fingerprint density at radius 1 is 0.484 bits per heavy atom. The van der Waals surface area contributed by atoms with Crippen LogP contribution in [-0.2, 0) is 0 Å². The Morgan fingerprint density at radius 2 is 0.968 bits per heavy atom. The maximum Gasteiger partial charge on any atom is 0.0667 e. The Labute approximate surface area is 184 Å². The predicted octanol–water partition coefficient (Wildman–Crippen LogP) is 6.58. The topological polar surface area (TPSA) is 12.0 Å². The standard InChI is InChI=1S/C30H23N/c1-5-13-23(14-6-1)21-22-27-28(24-15-7-2-8-16-24)30(26-19-11-4-12-20-26)31-29(27)25-17-9-3-10-18-25/h1-20,29-31H/t29-,30+/m0/s1. The van der Waals surface area contributed by atoms with E-state index >= 15 is 0 Å². The highest BCUT2D eigenvalue weighted by Crippen LogP contribution is 2.44. The molecule has 0 bridgehead atoms. The Kier molecular flexibility index (Phi) is 5.48. The Morgan fingerprint density at radius 3 is 1.55 bits per heavy atom. The molecule has 148 valence electrons. The van der Waals surface area contributed by atoms with Gasteiger partial charge in [0.15, 0.2) is 0 Å². The van der Waals surface area contributed by atoms with Gasteiger partial charge in [0.2, 0.25) is 0 Å². The van der Waals surface area contributed by atoms with Crippen LogP contribution < -0.4 is 5.32 Å². The monoisotopic (exact) mass is 397 g/mol. The lowest BCUT2D eigenvalue weighted by Crippen LogP contribution is -2.20. The van der Waals surface area contributed by atoms with Gasteiger partial charge in [0.25, 0.3) is 0 Å². The summed E-state index contributed by atoms with van der Waals surface area (Å²) in [5.74, 6) is 6.97. The molecule has 0 saturated heterocycles. The van der Waals surface area contributed by atoms with E-state index in [1.807, 2.05) is 18.2 Å². The predicted molar refractivity (Wildman–Crippen MR) is 128 cm³/mol. The molecule has 0 saturated carbocycles. The first-order chi connectivity index (χ1) is 15.4. The van der Waals surface area contributed by atoms with Gasteiger partial charge in [0, 0.05) is 11.1 Å². The van der Waals surface area contributed by atoms with Gasteiger partial charge in [-0.15, -0.1) is 0 Å². The van der Waals surface area contributed by atoms with Crippen LogP contribution in [0.5, 0.6) is 0 Å². The molecular weight excluding hydrogens is 374 g/mol. The van der Waals surface area contributed by atoms with Crippen LogP contribution in [0.2, 0.25) is 0 Å². The summed E-state index contributed by atoms with van der Waals surface area (Å²) in [5, 5.41) is 3.88. The largest absolute Gasteiger partial charge is 0.295 e. The van der Waals surface area contributed by atoms with E-state index in [-0.39, 0.29) is 12.1 Å². The van der Waals surface area contributed by atoms with Gasteiger partial charge in [-0.25, -0.2) is 0 Å². The number of benzene rings is 4. The molecule has 4 aromatic rings. The quantitative estimate of drug-likeness (QED) is 0.385. The van der Waals surface area contributed by atoms with Crippen molar-refractivity contribution in [2.45, 2.75) is 12.1 Å². The second-order valence-electron chi connectivity index (χ2n) is 7.66. The smallest absolute Gasteiger partial charge is 0.0667 e. The fraction of sp³-hybridized carbons (Fsp3) is 0.0667. The first kappa shape index (κ1) is 19.1. The molecule has 1 aliphatic rings. The third kappa shape index (κ3) is 4.08. The van der Waals surface area contributed by atoms with Crippen molar-refractivity contribution >= 4 is 5.57 Å². The minimum Gasteiger partial charge on any atom is -0.295 e. The highest BCUT2D eigenvalue weighted by atomic mass is 15.0. The SMILES string of the molecule is C(#Cc1ccccc1)C1=C(c2ccccc2)[C@@H](c2ccccc2)N[C@H]1c1ccccc1. The third-order valence-electron chi connectivity index (χ3n) is 5.67. The van der Waals surface area contributed by atoms with E-state index in [1.54, 1.807) is 0 Å². The summed E-state index contributed by atoms with van der Waals surface area (Å²) >= 11 is 0. The lowest BCUT2D eigenvalue weighted by atomic mass is 9.90. The van der Waals surface area contributed by atoms with Crippen molar-refractivity contribution in [1.29, 1.82) is 0 Å². The van der Waals surface area contributed by atoms with Crippen molar-refractivity contribution < 1.29 is 0 Å². The van der Waals surface area contributed by atoms with Crippen molar-refractivity contribution in [1.82, 2.24) is 5.32 Å². The molecule has 31 heavy (non-hydrogen) atoms. The molecule has 1 N–H and O–H groups in total. The lowest BCUT2D eigenvalue weighted by molar-refractivity contribution is 0.605. The Bertz CT molecular complexity index is 1230. The van der Waals surface area contributed by atoms with Crippen molar-refractivity contribution in [3.05, 3.63) is 149 Å². The molecule has 0 aromatic heterocycles. The van der Waals surface area contributed by atoms with Gasteiger partial charge in [-0.05, 0) is 34.4 Å². The van der Waals surface area contributed by atoms with Gasteiger partial charge >= 0.3 is 0 Å². The fourth-order valence-electron chi connectivity index (χ4n) is 4.20. The normalized spacial score (nSPS) is 17.8. The zero-order chi connectivity index (χ0) is 20.9. The average molecular weight is 398 g/mol. The third-order valence-corrected chi connectivity index (χ3v) is 5.67. The van der Waals surface area contributed by atoms with Crippen LogP contribution in [0.4, 0.5) is 0 Å². The molecule has 1 aliphatic heterocycles. The zero-order valence-electron chi connectivity index (χ0n) is 17.2. The van der Waals surface area contributed by atoms with Crippen LogP contribution in [0.25, 0.3) is 5.57 Å². The molecule has 1 heterocycles. The molecule has 0 fully saturated rings. The van der Waals surface area contributed by atoms with Crippen LogP contribution in [0, 0.1) is 11.8 Å². The van der Waals surface area contributed by atoms with E-state index in [1.165, 1.54) is 22.3 Å². The van der Waals surface area contributed by atoms with Crippen molar-refractivity contribution in [3.63, 3.8) is 0 Å². The maximum atomic E-state index is 3.88. The number of rotatable bonds is 3. The molecule has 5 rings (SSSR count). The van der Waals surface area contributed by atoms with Crippen LogP contribution in [0.15, 0.2) is 127 Å². The van der Waals surface area contributed by atoms with Crippen molar-refractivity contribution in [3.8, 4) is 11.8 Å². The van der Waals surface area contributed by atoms with Gasteiger partial charge in [0.1, 0.15) is 0 Å². The zero-order valence-corrected chi connectivity index (χ0v) is 17.2. The first-order valence-corrected chi connectivity index (χ1v) is 10.6. The van der Waals surface area contributed by atoms with E-state index in [0.29, 0.717) is 0 Å². The molecule has 0 aliphatic carbocycles. The van der Waals surface area contributed by atoms with Crippen molar-refractivity contribution in [2.75, 3.05) is 0 Å². The van der Waals surface area contributed by atoms with Gasteiger partial charge in [-0.2, -0.15) is 0 Å². The Balaban J connectivity index is 1.72. The van der Waals surface area contributed by atoms with E-state index in [2.05, 4.69) is 120 Å². The van der Waals surface area contributed by atoms with Crippen LogP contribution >= 0.6 is 0 Å². The van der Waals surface area contributed by atoms with E-state index in [9.17, 15) is 0 Å². The Hall–Kier alpha value is -3.86. The minimum absolute atomic E-state index is 0.0397. The molecule has 1 heteroatoms. The summed E-state index contributed by atoms with van der Waals surface area (Å²) < 4.78 is 0. The first-order valence-electron chi connectivity index (χ1n) is 10.6. The second-order valence-corrected chi connectivity index (χ2v) is 7.66. The molecule has 0 radical (unpaired) electrons. The molecule has 0 unspecified atom stereocenters. The van der Waals surface area contributed by atoms with Gasteiger partial charge in [-0.3, -0.25) is 5.32 Å². The van der Waals surface area contributed by atoms with Gasteiger partial charge in [-0.1, -0.05) is 121 Å². The fourth-order valence-corrected chi connectivity index (χ4v) is 4.20. The van der Waals surface area contributed by atoms with Crippen LogP contribution in [0.3, 0.4) is 0 Å². The molecule has 1 nitrogen and oxygen atoms in total. The van der Waals surface area contributed by atoms with Gasteiger partial charge < -0.3 is 0 Å². The summed E-state index contributed by atoms with van der Waals surface area (Å²) in [4.78, 5) is 0. The number of hydrogen-bond donors (Lipinski definition) is 1. The molecule has 0 amide bonds. The van der Waals surface area contributed by atoms with Crippen molar-refractivity contribution in [2.24, 2.45) is 0 Å². The summed E-state index contributed by atoms with van der Waals surface area (Å²) in [6.07, 6.45) is 0. The molecular formula is C30H23N. The second kappa shape index (κ2) is 8.88. The van der Waals surface area contributed by atoms with Crippen LogP contribution in [-0.4, -0.2) is 0 Å². The minimum atomic E-state index is 0.0397. The summed E-state index contributed by atoms with van der Waals surface area (Å²) in [6, 6.07) is 42.2. The maximum absolute atomic E-state index is 3.88. The molecule has 2 atom stereocenters. The summed E-state index contributed by atoms with van der Waals surface area (Å²) in [5.41, 5.74) is 7.10. The highest BCUT2D eigenvalue weighted by molar-refractivity contribution is 5.81. The molecule has 4 aromatic carbocycles. The average Bonchev–Trinajstić information content (AvgIpc) is 3.24. The van der Waals surface area contributed by atoms with Crippen LogP contribution in [0.1, 0.15) is 34.3 Å².